The molecule has 1 atom stereocenters. The summed E-state index contributed by atoms with van der Waals surface area (Å²) in [6, 6.07) is 6.82. The topological polar surface area (TPSA) is 74.2 Å². The molecule has 1 aromatic heterocycles. The second-order valence-electron chi connectivity index (χ2n) is 5.23. The zero-order chi connectivity index (χ0) is 14.8. The zero-order valence-corrected chi connectivity index (χ0v) is 12.5. The van der Waals surface area contributed by atoms with Crippen LogP contribution in [0.25, 0.3) is 0 Å². The number of carbonyl (C=O) groups excluding carboxylic acids is 1. The molecule has 21 heavy (non-hydrogen) atoms. The summed E-state index contributed by atoms with van der Waals surface area (Å²) in [7, 11) is 0. The predicted molar refractivity (Wildman–Crippen MR) is 83.8 cm³/mol. The fourth-order valence-corrected chi connectivity index (χ4v) is 2.83. The van der Waals surface area contributed by atoms with Gasteiger partial charge >= 0.3 is 6.03 Å². The van der Waals surface area contributed by atoms with Crippen LogP contribution in [0.1, 0.15) is 43.0 Å². The summed E-state index contributed by atoms with van der Waals surface area (Å²) >= 11 is 1.44. The molecule has 0 radical (unpaired) electrons. The number of rotatable bonds is 4. The van der Waals surface area contributed by atoms with Crippen LogP contribution in [0.5, 0.6) is 0 Å². The Bertz CT molecular complexity index is 650. The summed E-state index contributed by atoms with van der Waals surface area (Å²) in [4.78, 5) is 16.3. The van der Waals surface area contributed by atoms with E-state index < -0.39 is 6.10 Å². The van der Waals surface area contributed by atoms with Crippen LogP contribution in [0.3, 0.4) is 0 Å². The van der Waals surface area contributed by atoms with Gasteiger partial charge in [-0.05, 0) is 37.5 Å². The number of urea groups is 1. The lowest BCUT2D eigenvalue weighted by molar-refractivity contribution is 0.199. The van der Waals surface area contributed by atoms with Crippen LogP contribution in [0, 0.1) is 0 Å². The van der Waals surface area contributed by atoms with Gasteiger partial charge in [0.2, 0.25) is 0 Å². The lowest BCUT2D eigenvalue weighted by atomic mass is 10.1. The molecule has 5 nitrogen and oxygen atoms in total. The Morgan fingerprint density at radius 1 is 1.43 bits per heavy atom. The number of carbonyl (C=O) groups is 1. The molecule has 0 aliphatic heterocycles. The number of amides is 2. The molecular formula is C15H17N3O2S. The van der Waals surface area contributed by atoms with E-state index in [4.69, 9.17) is 0 Å². The number of anilines is 2. The molecule has 1 aromatic carbocycles. The number of thiazole rings is 1. The largest absolute Gasteiger partial charge is 0.389 e. The summed E-state index contributed by atoms with van der Waals surface area (Å²) in [6.07, 6.45) is 1.83. The average Bonchev–Trinajstić information content (AvgIpc) is 3.20. The smallest absolute Gasteiger partial charge is 0.325 e. The first kappa shape index (κ1) is 14.0. The van der Waals surface area contributed by atoms with E-state index >= 15 is 0 Å². The van der Waals surface area contributed by atoms with Gasteiger partial charge < -0.3 is 10.4 Å². The highest BCUT2D eigenvalue weighted by Crippen LogP contribution is 2.40. The molecule has 1 heterocycles. The molecule has 2 aromatic rings. The van der Waals surface area contributed by atoms with E-state index in [-0.39, 0.29) is 6.03 Å². The third-order valence-electron chi connectivity index (χ3n) is 3.36. The van der Waals surface area contributed by atoms with E-state index in [1.807, 2.05) is 11.4 Å². The highest BCUT2D eigenvalue weighted by molar-refractivity contribution is 7.14. The molecule has 3 N–H and O–H groups in total. The van der Waals surface area contributed by atoms with E-state index in [9.17, 15) is 9.90 Å². The van der Waals surface area contributed by atoms with Crippen LogP contribution in [0.15, 0.2) is 29.6 Å². The molecule has 0 spiro atoms. The Morgan fingerprint density at radius 2 is 2.24 bits per heavy atom. The van der Waals surface area contributed by atoms with Crippen molar-refractivity contribution in [2.75, 3.05) is 10.6 Å². The van der Waals surface area contributed by atoms with Gasteiger partial charge in [0, 0.05) is 17.0 Å². The molecule has 110 valence electrons. The van der Waals surface area contributed by atoms with Gasteiger partial charge in [0.05, 0.1) is 11.8 Å². The van der Waals surface area contributed by atoms with Gasteiger partial charge in [-0.2, -0.15) is 0 Å². The van der Waals surface area contributed by atoms with Crippen molar-refractivity contribution in [3.8, 4) is 0 Å². The highest BCUT2D eigenvalue weighted by atomic mass is 32.1. The molecule has 6 heteroatoms. The molecule has 0 saturated heterocycles. The normalized spacial score (nSPS) is 15.5. The molecular weight excluding hydrogens is 286 g/mol. The maximum atomic E-state index is 11.9. The SMILES string of the molecule is CC(O)c1cccc(NC(=O)Nc2nc(C3CC3)cs2)c1. The third kappa shape index (κ3) is 3.59. The minimum atomic E-state index is -0.560. The summed E-state index contributed by atoms with van der Waals surface area (Å²) in [6.45, 7) is 1.69. The summed E-state index contributed by atoms with van der Waals surface area (Å²) in [5.74, 6) is 0.586. The number of aliphatic hydroxyl groups excluding tert-OH is 1. The maximum absolute atomic E-state index is 11.9. The van der Waals surface area contributed by atoms with Crippen molar-refractivity contribution >= 4 is 28.2 Å². The van der Waals surface area contributed by atoms with Crippen molar-refractivity contribution in [1.82, 2.24) is 4.98 Å². The van der Waals surface area contributed by atoms with Crippen LogP contribution in [0.4, 0.5) is 15.6 Å². The molecule has 1 fully saturated rings. The van der Waals surface area contributed by atoms with Crippen LogP contribution >= 0.6 is 11.3 Å². The molecule has 1 unspecified atom stereocenters. The number of nitrogens with zero attached hydrogens (tertiary/aromatic N) is 1. The van der Waals surface area contributed by atoms with Crippen molar-refractivity contribution < 1.29 is 9.90 Å². The van der Waals surface area contributed by atoms with E-state index in [1.54, 1.807) is 25.1 Å². The predicted octanol–water partition coefficient (Wildman–Crippen LogP) is 3.72. The van der Waals surface area contributed by atoms with E-state index in [1.165, 1.54) is 24.2 Å². The molecule has 0 bridgehead atoms. The van der Waals surface area contributed by atoms with E-state index in [2.05, 4.69) is 15.6 Å². The number of aromatic nitrogens is 1. The number of benzene rings is 1. The fraction of sp³-hybridized carbons (Fsp3) is 0.333. The Morgan fingerprint density at radius 3 is 2.95 bits per heavy atom. The minimum absolute atomic E-state index is 0.325. The summed E-state index contributed by atoms with van der Waals surface area (Å²) < 4.78 is 0. The fourth-order valence-electron chi connectivity index (χ4n) is 2.05. The quantitative estimate of drug-likeness (QED) is 0.806. The van der Waals surface area contributed by atoms with Crippen LogP contribution in [-0.4, -0.2) is 16.1 Å². The Hall–Kier alpha value is -1.92. The van der Waals surface area contributed by atoms with E-state index in [0.29, 0.717) is 16.7 Å². The monoisotopic (exact) mass is 303 g/mol. The number of aliphatic hydroxyl groups is 1. The van der Waals surface area contributed by atoms with E-state index in [0.717, 1.165) is 11.3 Å². The van der Waals surface area contributed by atoms with Crippen molar-refractivity contribution in [2.24, 2.45) is 0 Å². The number of hydrogen-bond donors (Lipinski definition) is 3. The molecule has 2 amide bonds. The van der Waals surface area contributed by atoms with Crippen molar-refractivity contribution in [2.45, 2.75) is 31.8 Å². The van der Waals surface area contributed by atoms with Crippen LogP contribution in [0.2, 0.25) is 0 Å². The summed E-state index contributed by atoms with van der Waals surface area (Å²) in [5.41, 5.74) is 2.48. The average molecular weight is 303 g/mol. The van der Waals surface area contributed by atoms with Crippen molar-refractivity contribution in [1.29, 1.82) is 0 Å². The van der Waals surface area contributed by atoms with Gasteiger partial charge in [-0.15, -0.1) is 11.3 Å². The van der Waals surface area contributed by atoms with Crippen molar-refractivity contribution in [3.63, 3.8) is 0 Å². The first-order valence-electron chi connectivity index (χ1n) is 6.93. The second kappa shape index (κ2) is 5.83. The van der Waals surface area contributed by atoms with Gasteiger partial charge in [0.1, 0.15) is 0 Å². The second-order valence-corrected chi connectivity index (χ2v) is 6.09. The standard InChI is InChI=1S/C15H17N3O2S/c1-9(19)11-3-2-4-12(7-11)16-14(20)18-15-17-13(8-21-15)10-5-6-10/h2-4,7-10,19H,5-6H2,1H3,(H2,16,17,18,20). The molecule has 1 aliphatic rings. The van der Waals surface area contributed by atoms with Crippen LogP contribution in [-0.2, 0) is 0 Å². The van der Waals surface area contributed by atoms with Gasteiger partial charge in [0.25, 0.3) is 0 Å². The first-order valence-corrected chi connectivity index (χ1v) is 7.81. The van der Waals surface area contributed by atoms with Gasteiger partial charge in [-0.25, -0.2) is 9.78 Å². The maximum Gasteiger partial charge on any atom is 0.325 e. The van der Waals surface area contributed by atoms with Crippen LogP contribution < -0.4 is 10.6 Å². The first-order chi connectivity index (χ1) is 10.1. The number of hydrogen-bond acceptors (Lipinski definition) is 4. The summed E-state index contributed by atoms with van der Waals surface area (Å²) in [5, 5.41) is 17.6. The Balaban J connectivity index is 1.61. The highest BCUT2D eigenvalue weighted by Gasteiger charge is 2.26. The number of nitrogens with one attached hydrogen (secondary N) is 2. The minimum Gasteiger partial charge on any atom is -0.389 e. The third-order valence-corrected chi connectivity index (χ3v) is 4.14. The van der Waals surface area contributed by atoms with Gasteiger partial charge in [0.15, 0.2) is 5.13 Å². The lowest BCUT2D eigenvalue weighted by Gasteiger charge is -2.09. The van der Waals surface area contributed by atoms with Gasteiger partial charge in [-0.3, -0.25) is 5.32 Å². The lowest BCUT2D eigenvalue weighted by Crippen LogP contribution is -2.19. The zero-order valence-electron chi connectivity index (χ0n) is 11.7. The van der Waals surface area contributed by atoms with Gasteiger partial charge in [-0.1, -0.05) is 12.1 Å². The molecule has 3 rings (SSSR count). The van der Waals surface area contributed by atoms with Crippen molar-refractivity contribution in [3.05, 3.63) is 40.9 Å². The molecule has 1 saturated carbocycles. The molecule has 1 aliphatic carbocycles. The Labute approximate surface area is 127 Å². The Kier molecular flexibility index (Phi) is 3.90.